The molecule has 0 spiro atoms. The fourth-order valence-electron chi connectivity index (χ4n) is 3.16. The molecule has 3 aromatic rings. The van der Waals surface area contributed by atoms with Crippen molar-refractivity contribution in [2.24, 2.45) is 0 Å². The van der Waals surface area contributed by atoms with Crippen molar-refractivity contribution in [2.75, 3.05) is 12.4 Å². The molecule has 0 radical (unpaired) electrons. The van der Waals surface area contributed by atoms with Crippen LogP contribution in [0.1, 0.15) is 42.4 Å². The zero-order valence-corrected chi connectivity index (χ0v) is 17.6. The Morgan fingerprint density at radius 1 is 1.29 bits per heavy atom. The fourth-order valence-corrected chi connectivity index (χ4v) is 3.98. The molecule has 0 unspecified atom stereocenters. The highest BCUT2D eigenvalue weighted by Crippen LogP contribution is 2.24. The van der Waals surface area contributed by atoms with E-state index in [1.54, 1.807) is 7.11 Å². The van der Waals surface area contributed by atoms with E-state index in [4.69, 9.17) is 4.74 Å². The Hall–Kier alpha value is -2.67. The maximum Gasteiger partial charge on any atom is 0.230 e. The summed E-state index contributed by atoms with van der Waals surface area (Å²) in [5, 5.41) is 10.3. The van der Waals surface area contributed by atoms with E-state index in [1.807, 2.05) is 41.3 Å². The number of aryl methyl sites for hydroxylation is 1. The van der Waals surface area contributed by atoms with Crippen LogP contribution < -0.4 is 10.1 Å². The van der Waals surface area contributed by atoms with Crippen LogP contribution in [0.5, 0.6) is 5.75 Å². The van der Waals surface area contributed by atoms with E-state index in [2.05, 4.69) is 29.2 Å². The summed E-state index contributed by atoms with van der Waals surface area (Å²) in [4.78, 5) is 17.0. The quantitative estimate of drug-likeness (QED) is 0.607. The first-order valence-corrected chi connectivity index (χ1v) is 10.3. The number of para-hydroxylation sites is 2. The van der Waals surface area contributed by atoms with Crippen molar-refractivity contribution in [1.82, 2.24) is 14.8 Å². The average Bonchev–Trinajstić information content (AvgIpc) is 3.25. The molecule has 0 aliphatic heterocycles. The van der Waals surface area contributed by atoms with Crippen LogP contribution in [0.25, 0.3) is 5.13 Å². The minimum atomic E-state index is -0.127. The Morgan fingerprint density at radius 3 is 2.82 bits per heavy atom. The van der Waals surface area contributed by atoms with Gasteiger partial charge >= 0.3 is 0 Å². The normalized spacial score (nSPS) is 10.9. The number of carbonyl (C=O) groups excluding carboxylic acids is 1. The number of aromatic nitrogens is 3. The molecule has 1 aromatic carbocycles. The monoisotopic (exact) mass is 398 g/mol. The third-order valence-electron chi connectivity index (χ3n) is 4.67. The number of carbonyl (C=O) groups is 1. The van der Waals surface area contributed by atoms with Crippen LogP contribution in [0.3, 0.4) is 0 Å². The molecule has 0 saturated carbocycles. The zero-order chi connectivity index (χ0) is 20.1. The SMILES string of the molecule is CCCCc1c(C)nn(-c2nc(CC(=O)Nc3ccccc3OC)cs2)c1C. The highest BCUT2D eigenvalue weighted by molar-refractivity contribution is 7.12. The number of anilines is 1. The largest absolute Gasteiger partial charge is 0.495 e. The fraction of sp³-hybridized carbons (Fsp3) is 0.381. The molecule has 7 heteroatoms. The number of hydrogen-bond donors (Lipinski definition) is 1. The van der Waals surface area contributed by atoms with Crippen LogP contribution in [-0.4, -0.2) is 27.8 Å². The number of ether oxygens (including phenoxy) is 1. The molecule has 1 amide bonds. The van der Waals surface area contributed by atoms with Crippen molar-refractivity contribution in [3.8, 4) is 10.9 Å². The molecule has 0 bridgehead atoms. The van der Waals surface area contributed by atoms with Gasteiger partial charge in [-0.05, 0) is 44.4 Å². The van der Waals surface area contributed by atoms with Crippen molar-refractivity contribution >= 4 is 22.9 Å². The number of hydrogen-bond acceptors (Lipinski definition) is 5. The Labute approximate surface area is 169 Å². The van der Waals surface area contributed by atoms with Gasteiger partial charge in [-0.15, -0.1) is 11.3 Å². The van der Waals surface area contributed by atoms with Crippen LogP contribution >= 0.6 is 11.3 Å². The molecular weight excluding hydrogens is 372 g/mol. The van der Waals surface area contributed by atoms with Gasteiger partial charge in [0, 0.05) is 11.1 Å². The first-order chi connectivity index (χ1) is 13.5. The van der Waals surface area contributed by atoms with Crippen molar-refractivity contribution in [3.63, 3.8) is 0 Å². The number of methoxy groups -OCH3 is 1. The third kappa shape index (κ3) is 4.42. The summed E-state index contributed by atoms with van der Waals surface area (Å²) in [5.41, 5.74) is 4.87. The predicted molar refractivity (Wildman–Crippen MR) is 113 cm³/mol. The molecule has 28 heavy (non-hydrogen) atoms. The van der Waals surface area contributed by atoms with E-state index >= 15 is 0 Å². The van der Waals surface area contributed by atoms with Crippen LogP contribution in [0, 0.1) is 13.8 Å². The summed E-state index contributed by atoms with van der Waals surface area (Å²) >= 11 is 1.50. The number of nitrogens with zero attached hydrogens (tertiary/aromatic N) is 3. The van der Waals surface area contributed by atoms with Crippen LogP contribution in [0.4, 0.5) is 5.69 Å². The molecule has 3 rings (SSSR count). The van der Waals surface area contributed by atoms with Gasteiger partial charge in [0.05, 0.1) is 30.6 Å². The number of amides is 1. The molecule has 0 fully saturated rings. The molecule has 0 aliphatic rings. The van der Waals surface area contributed by atoms with Crippen molar-refractivity contribution in [1.29, 1.82) is 0 Å². The minimum absolute atomic E-state index is 0.127. The zero-order valence-electron chi connectivity index (χ0n) is 16.8. The Kier molecular flexibility index (Phi) is 6.46. The lowest BCUT2D eigenvalue weighted by molar-refractivity contribution is -0.115. The van der Waals surface area contributed by atoms with Gasteiger partial charge in [-0.1, -0.05) is 25.5 Å². The highest BCUT2D eigenvalue weighted by atomic mass is 32.1. The summed E-state index contributed by atoms with van der Waals surface area (Å²) in [6.45, 7) is 6.32. The van der Waals surface area contributed by atoms with Gasteiger partial charge in [0.2, 0.25) is 11.0 Å². The Balaban J connectivity index is 1.71. The van der Waals surface area contributed by atoms with Crippen molar-refractivity contribution in [3.05, 3.63) is 52.3 Å². The smallest absolute Gasteiger partial charge is 0.230 e. The van der Waals surface area contributed by atoms with Crippen LogP contribution in [0.2, 0.25) is 0 Å². The molecule has 148 valence electrons. The van der Waals surface area contributed by atoms with Gasteiger partial charge in [-0.3, -0.25) is 4.79 Å². The summed E-state index contributed by atoms with van der Waals surface area (Å²) in [6, 6.07) is 7.36. The van der Waals surface area contributed by atoms with Gasteiger partial charge in [-0.2, -0.15) is 5.10 Å². The second-order valence-corrected chi connectivity index (χ2v) is 7.55. The second-order valence-electron chi connectivity index (χ2n) is 6.71. The van der Waals surface area contributed by atoms with Gasteiger partial charge in [0.1, 0.15) is 5.75 Å². The molecule has 0 saturated heterocycles. The first-order valence-electron chi connectivity index (χ1n) is 9.46. The van der Waals surface area contributed by atoms with E-state index in [0.29, 0.717) is 11.4 Å². The van der Waals surface area contributed by atoms with Crippen LogP contribution in [-0.2, 0) is 17.6 Å². The molecule has 2 heterocycles. The lowest BCUT2D eigenvalue weighted by atomic mass is 10.1. The van der Waals surface area contributed by atoms with Gasteiger partial charge in [0.25, 0.3) is 0 Å². The number of nitrogens with one attached hydrogen (secondary N) is 1. The second kappa shape index (κ2) is 9.01. The maximum atomic E-state index is 12.4. The van der Waals surface area contributed by atoms with Crippen LogP contribution in [0.15, 0.2) is 29.6 Å². The molecular formula is C21H26N4O2S. The number of rotatable bonds is 8. The number of benzene rings is 1. The predicted octanol–water partition coefficient (Wildman–Crippen LogP) is 4.48. The molecule has 6 nitrogen and oxygen atoms in total. The van der Waals surface area contributed by atoms with Gasteiger partial charge in [-0.25, -0.2) is 9.67 Å². The first kappa shape index (κ1) is 20.1. The van der Waals surface area contributed by atoms with Gasteiger partial charge in [0.15, 0.2) is 0 Å². The molecule has 0 aliphatic carbocycles. The average molecular weight is 399 g/mol. The molecule has 1 N–H and O–H groups in total. The van der Waals surface area contributed by atoms with E-state index in [0.717, 1.165) is 41.5 Å². The van der Waals surface area contributed by atoms with E-state index in [9.17, 15) is 4.79 Å². The maximum absolute atomic E-state index is 12.4. The van der Waals surface area contributed by atoms with Gasteiger partial charge < -0.3 is 10.1 Å². The third-order valence-corrected chi connectivity index (χ3v) is 5.53. The highest BCUT2D eigenvalue weighted by Gasteiger charge is 2.16. The topological polar surface area (TPSA) is 69.0 Å². The van der Waals surface area contributed by atoms with Crippen molar-refractivity contribution in [2.45, 2.75) is 46.5 Å². The Bertz CT molecular complexity index is 961. The molecule has 2 aromatic heterocycles. The Morgan fingerprint density at radius 2 is 2.07 bits per heavy atom. The summed E-state index contributed by atoms with van der Waals surface area (Å²) in [5.74, 6) is 0.510. The number of unbranched alkanes of at least 4 members (excludes halogenated alkanes) is 1. The number of thiazole rings is 1. The standard InChI is InChI=1S/C21H26N4O2S/c1-5-6-9-17-14(2)24-25(15(17)3)21-22-16(13-28-21)12-20(26)23-18-10-7-8-11-19(18)27-4/h7-8,10-11,13H,5-6,9,12H2,1-4H3,(H,23,26). The van der Waals surface area contributed by atoms with E-state index in [-0.39, 0.29) is 12.3 Å². The summed E-state index contributed by atoms with van der Waals surface area (Å²) in [6.07, 6.45) is 3.55. The lowest BCUT2D eigenvalue weighted by Gasteiger charge is -2.09. The molecule has 0 atom stereocenters. The summed E-state index contributed by atoms with van der Waals surface area (Å²) < 4.78 is 7.17. The van der Waals surface area contributed by atoms with E-state index < -0.39 is 0 Å². The lowest BCUT2D eigenvalue weighted by Crippen LogP contribution is -2.15. The minimum Gasteiger partial charge on any atom is -0.495 e. The van der Waals surface area contributed by atoms with E-state index in [1.165, 1.54) is 16.9 Å². The van der Waals surface area contributed by atoms with Crippen molar-refractivity contribution < 1.29 is 9.53 Å². The summed E-state index contributed by atoms with van der Waals surface area (Å²) in [7, 11) is 1.58.